The van der Waals surface area contributed by atoms with Crippen molar-refractivity contribution >= 4 is 39.3 Å². The number of hydrogen-bond donors (Lipinski definition) is 2. The third-order valence-corrected chi connectivity index (χ3v) is 7.03. The maximum Gasteiger partial charge on any atom is 0.237 e. The Morgan fingerprint density at radius 2 is 1.97 bits per heavy atom. The van der Waals surface area contributed by atoms with Crippen molar-refractivity contribution in [2.24, 2.45) is 0 Å². The molecule has 4 rings (SSSR count). The Balaban J connectivity index is 1.46. The smallest absolute Gasteiger partial charge is 0.237 e. The molecule has 0 aliphatic heterocycles. The molecule has 1 amide bonds. The Labute approximate surface area is 190 Å². The van der Waals surface area contributed by atoms with Crippen LogP contribution in [0, 0.1) is 0 Å². The zero-order valence-corrected chi connectivity index (χ0v) is 18.8. The third kappa shape index (κ3) is 5.20. The molecular formula is C21H21ClN6O3S. The molecule has 0 bridgehead atoms. The van der Waals surface area contributed by atoms with Gasteiger partial charge in [0, 0.05) is 35.9 Å². The summed E-state index contributed by atoms with van der Waals surface area (Å²) < 4.78 is 26.7. The van der Waals surface area contributed by atoms with E-state index in [1.807, 2.05) is 13.0 Å². The van der Waals surface area contributed by atoms with Crippen molar-refractivity contribution in [3.8, 4) is 11.1 Å². The molecule has 0 radical (unpaired) electrons. The second-order valence-corrected chi connectivity index (χ2v) is 9.82. The molecule has 0 saturated heterocycles. The van der Waals surface area contributed by atoms with Gasteiger partial charge in [-0.3, -0.25) is 14.5 Å². The van der Waals surface area contributed by atoms with E-state index in [9.17, 15) is 13.2 Å². The number of pyridine rings is 2. The van der Waals surface area contributed by atoms with E-state index in [0.29, 0.717) is 35.8 Å². The summed E-state index contributed by atoms with van der Waals surface area (Å²) in [5, 5.41) is 2.92. The highest BCUT2D eigenvalue weighted by Crippen LogP contribution is 2.29. The van der Waals surface area contributed by atoms with Gasteiger partial charge in [-0.25, -0.2) is 23.4 Å². The monoisotopic (exact) mass is 472 g/mol. The van der Waals surface area contributed by atoms with Crippen molar-refractivity contribution < 1.29 is 13.2 Å². The summed E-state index contributed by atoms with van der Waals surface area (Å²) in [6, 6.07) is 6.88. The minimum Gasteiger partial charge on any atom is -0.310 e. The third-order valence-electron chi connectivity index (χ3n) is 5.01. The number of halogens is 1. The van der Waals surface area contributed by atoms with Gasteiger partial charge in [-0.15, -0.1) is 0 Å². The van der Waals surface area contributed by atoms with Crippen LogP contribution in [-0.2, 0) is 14.8 Å². The molecule has 1 fully saturated rings. The molecule has 1 aliphatic carbocycles. The first-order valence-electron chi connectivity index (χ1n) is 10.1. The van der Waals surface area contributed by atoms with Gasteiger partial charge in [0.05, 0.1) is 21.9 Å². The van der Waals surface area contributed by atoms with Crippen LogP contribution in [0.5, 0.6) is 0 Å². The number of amides is 1. The normalized spacial score (nSPS) is 14.6. The van der Waals surface area contributed by atoms with Crippen LogP contribution in [0.3, 0.4) is 0 Å². The number of anilines is 2. The summed E-state index contributed by atoms with van der Waals surface area (Å²) in [5.74, 6) is -0.540. The molecule has 2 N–H and O–H groups in total. The topological polar surface area (TPSA) is 127 Å². The van der Waals surface area contributed by atoms with Crippen LogP contribution in [-0.4, -0.2) is 39.5 Å². The van der Waals surface area contributed by atoms with Gasteiger partial charge in [-0.1, -0.05) is 18.5 Å². The molecule has 1 saturated carbocycles. The fourth-order valence-electron chi connectivity index (χ4n) is 3.16. The van der Waals surface area contributed by atoms with E-state index in [0.717, 1.165) is 11.1 Å². The first kappa shape index (κ1) is 22.1. The van der Waals surface area contributed by atoms with Gasteiger partial charge in [0.25, 0.3) is 0 Å². The molecule has 0 spiro atoms. The number of sulfonamides is 1. The zero-order valence-electron chi connectivity index (χ0n) is 17.2. The minimum absolute atomic E-state index is 0.0294. The van der Waals surface area contributed by atoms with Gasteiger partial charge in [-0.2, -0.15) is 0 Å². The van der Waals surface area contributed by atoms with Crippen LogP contribution in [0.1, 0.15) is 37.8 Å². The number of carbonyl (C=O) groups is 1. The van der Waals surface area contributed by atoms with Crippen LogP contribution in [0.25, 0.3) is 11.1 Å². The number of rotatable bonds is 8. The molecule has 9 nitrogen and oxygen atoms in total. The van der Waals surface area contributed by atoms with E-state index in [2.05, 4.69) is 30.0 Å². The predicted octanol–water partition coefficient (Wildman–Crippen LogP) is 3.62. The van der Waals surface area contributed by atoms with Crippen LogP contribution < -0.4 is 10.0 Å². The van der Waals surface area contributed by atoms with Crippen molar-refractivity contribution in [1.82, 2.24) is 19.9 Å². The second kappa shape index (κ2) is 9.17. The molecule has 1 atom stereocenters. The number of nitrogens with one attached hydrogen (secondary N) is 2. The lowest BCUT2D eigenvalue weighted by Gasteiger charge is -2.15. The Hall–Kier alpha value is -3.11. The average Bonchev–Trinajstić information content (AvgIpc) is 3.61. The highest BCUT2D eigenvalue weighted by atomic mass is 35.5. The molecule has 11 heteroatoms. The SMILES string of the molecule is CCC(C(=O)Nc1ccc(-c2cncc(Cl)c2)cn1)c1ccnc(NS(=O)(=O)C2CC2)n1. The summed E-state index contributed by atoms with van der Waals surface area (Å²) >= 11 is 5.98. The number of hydrogen-bond acceptors (Lipinski definition) is 7. The van der Waals surface area contributed by atoms with Crippen molar-refractivity contribution in [2.45, 2.75) is 37.4 Å². The first-order valence-corrected chi connectivity index (χ1v) is 12.0. The largest absolute Gasteiger partial charge is 0.310 e. The van der Waals surface area contributed by atoms with E-state index < -0.39 is 21.2 Å². The maximum atomic E-state index is 12.9. The lowest BCUT2D eigenvalue weighted by atomic mass is 10.0. The van der Waals surface area contributed by atoms with Crippen LogP contribution >= 0.6 is 11.6 Å². The van der Waals surface area contributed by atoms with Crippen LogP contribution in [0.4, 0.5) is 11.8 Å². The summed E-state index contributed by atoms with van der Waals surface area (Å²) in [4.78, 5) is 29.5. The van der Waals surface area contributed by atoms with E-state index in [-0.39, 0.29) is 11.9 Å². The highest BCUT2D eigenvalue weighted by Gasteiger charge is 2.36. The minimum atomic E-state index is -3.49. The molecule has 32 heavy (non-hydrogen) atoms. The van der Waals surface area contributed by atoms with Gasteiger partial charge >= 0.3 is 0 Å². The van der Waals surface area contributed by atoms with E-state index in [1.165, 1.54) is 6.20 Å². The molecule has 1 unspecified atom stereocenters. The Bertz CT molecular complexity index is 1230. The molecule has 3 heterocycles. The maximum absolute atomic E-state index is 12.9. The summed E-state index contributed by atoms with van der Waals surface area (Å²) in [5.41, 5.74) is 2.06. The molecule has 3 aromatic rings. The van der Waals surface area contributed by atoms with E-state index >= 15 is 0 Å². The van der Waals surface area contributed by atoms with Gasteiger partial charge < -0.3 is 5.32 Å². The molecule has 3 aromatic heterocycles. The zero-order chi connectivity index (χ0) is 22.7. The van der Waals surface area contributed by atoms with E-state index in [4.69, 9.17) is 11.6 Å². The molecule has 1 aliphatic rings. The van der Waals surface area contributed by atoms with Crippen molar-refractivity contribution in [3.05, 3.63) is 59.8 Å². The van der Waals surface area contributed by atoms with Gasteiger partial charge in [0.15, 0.2) is 0 Å². The Morgan fingerprint density at radius 3 is 2.62 bits per heavy atom. The van der Waals surface area contributed by atoms with E-state index in [1.54, 1.807) is 36.8 Å². The lowest BCUT2D eigenvalue weighted by Crippen LogP contribution is -2.23. The quantitative estimate of drug-likeness (QED) is 0.512. The lowest BCUT2D eigenvalue weighted by molar-refractivity contribution is -0.117. The Kier molecular flexibility index (Phi) is 6.33. The number of carbonyl (C=O) groups excluding carboxylic acids is 1. The fourth-order valence-corrected chi connectivity index (χ4v) is 4.61. The fraction of sp³-hybridized carbons (Fsp3) is 0.286. The Morgan fingerprint density at radius 1 is 1.16 bits per heavy atom. The number of nitrogens with zero attached hydrogens (tertiary/aromatic N) is 4. The van der Waals surface area contributed by atoms with Crippen LogP contribution in [0.2, 0.25) is 5.02 Å². The van der Waals surface area contributed by atoms with Gasteiger partial charge in [0.1, 0.15) is 5.82 Å². The summed E-state index contributed by atoms with van der Waals surface area (Å²) in [6.07, 6.45) is 8.02. The standard InChI is InChI=1S/C21H21ClN6O3S/c1-2-17(18-7-8-24-21(26-18)28-32(30,31)16-4-5-16)20(29)27-19-6-3-13(11-25-19)14-9-15(22)12-23-10-14/h3,6-12,16-17H,2,4-5H2,1H3,(H,24,26,28)(H,25,27,29). The summed E-state index contributed by atoms with van der Waals surface area (Å²) in [6.45, 7) is 1.85. The van der Waals surface area contributed by atoms with Crippen LogP contribution in [0.15, 0.2) is 49.1 Å². The van der Waals surface area contributed by atoms with Crippen molar-refractivity contribution in [1.29, 1.82) is 0 Å². The molecular weight excluding hydrogens is 452 g/mol. The first-order chi connectivity index (χ1) is 15.4. The van der Waals surface area contributed by atoms with Crippen molar-refractivity contribution in [3.63, 3.8) is 0 Å². The predicted molar refractivity (Wildman–Crippen MR) is 122 cm³/mol. The highest BCUT2D eigenvalue weighted by molar-refractivity contribution is 7.93. The second-order valence-electron chi connectivity index (χ2n) is 7.43. The van der Waals surface area contributed by atoms with Gasteiger partial charge in [-0.05, 0) is 43.5 Å². The molecule has 166 valence electrons. The summed E-state index contributed by atoms with van der Waals surface area (Å²) in [7, 11) is -3.49. The molecule has 0 aromatic carbocycles. The van der Waals surface area contributed by atoms with Gasteiger partial charge in [0.2, 0.25) is 21.9 Å². The average molecular weight is 473 g/mol. The van der Waals surface area contributed by atoms with Crippen molar-refractivity contribution in [2.75, 3.05) is 10.0 Å². The number of aromatic nitrogens is 4.